The number of hydrogen-bond acceptors (Lipinski definition) is 4. The zero-order chi connectivity index (χ0) is 6.78. The van der Waals surface area contributed by atoms with Crippen molar-refractivity contribution in [2.75, 3.05) is 0 Å². The Labute approximate surface area is 55.1 Å². The van der Waals surface area contributed by atoms with E-state index in [1.807, 2.05) is 0 Å². The Morgan fingerprint density at radius 2 is 2.00 bits per heavy atom. The molecule has 0 aliphatic carbocycles. The summed E-state index contributed by atoms with van der Waals surface area (Å²) < 4.78 is 18.8. The van der Waals surface area contributed by atoms with E-state index in [2.05, 4.69) is 15.8 Å². The summed E-state index contributed by atoms with van der Waals surface area (Å²) >= 11 is 4.72. The highest BCUT2D eigenvalue weighted by Gasteiger charge is 2.12. The second-order valence-electron chi connectivity index (χ2n) is 0.791. The van der Waals surface area contributed by atoms with Crippen LogP contribution < -0.4 is 0 Å². The van der Waals surface area contributed by atoms with E-state index in [0.717, 1.165) is 0 Å². The highest BCUT2D eigenvalue weighted by Crippen LogP contribution is 2.02. The van der Waals surface area contributed by atoms with Crippen LogP contribution in [-0.4, -0.2) is 18.1 Å². The van der Waals surface area contributed by atoms with Crippen LogP contribution in [0.25, 0.3) is 0 Å². The molecule has 0 aromatic heterocycles. The number of rotatable bonds is 0. The van der Waals surface area contributed by atoms with Crippen molar-refractivity contribution in [1.29, 1.82) is 0 Å². The summed E-state index contributed by atoms with van der Waals surface area (Å²) in [5.74, 6) is 0. The van der Waals surface area contributed by atoms with E-state index in [1.165, 1.54) is 0 Å². The maximum absolute atomic E-state index is 9.90. The van der Waals surface area contributed by atoms with Gasteiger partial charge in [-0.2, -0.15) is 0 Å². The first-order valence-electron chi connectivity index (χ1n) is 1.30. The Bertz CT molecular complexity index is 193. The largest absolute Gasteiger partial charge is 0.409 e. The molecule has 7 heteroatoms. The van der Waals surface area contributed by atoms with Crippen molar-refractivity contribution >= 4 is 35.8 Å². The second kappa shape index (κ2) is 2.52. The van der Waals surface area contributed by atoms with E-state index in [0.29, 0.717) is 0 Å². The van der Waals surface area contributed by atoms with E-state index in [-0.39, 0.29) is 0 Å². The smallest absolute Gasteiger partial charge is 0.293 e. The summed E-state index contributed by atoms with van der Waals surface area (Å²) in [5, 5.41) is 9.78. The summed E-state index contributed by atoms with van der Waals surface area (Å²) in [5.41, 5.74) is 0. The van der Waals surface area contributed by atoms with Crippen LogP contribution in [0, 0.1) is 0 Å². The SMILES string of the molecule is O=S(=O)(Cl)/C(Cl)=N\O. The number of oxime groups is 1. The monoisotopic (exact) mass is 177 g/mol. The molecule has 8 heavy (non-hydrogen) atoms. The fourth-order valence-electron chi connectivity index (χ4n) is 0.0488. The molecule has 0 rings (SSSR count). The lowest BCUT2D eigenvalue weighted by atomic mass is 11.7. The normalized spacial score (nSPS) is 14.0. The Kier molecular flexibility index (Phi) is 2.52. The molecule has 0 aromatic rings. The molecule has 0 heterocycles. The van der Waals surface area contributed by atoms with Gasteiger partial charge in [-0.15, -0.1) is 0 Å². The molecule has 4 nitrogen and oxygen atoms in total. The summed E-state index contributed by atoms with van der Waals surface area (Å²) in [6.07, 6.45) is 0. The summed E-state index contributed by atoms with van der Waals surface area (Å²) in [4.78, 5) is 0. The molecular formula is CHCl2NO3S. The summed E-state index contributed by atoms with van der Waals surface area (Å²) in [7, 11) is 0.518. The fourth-order valence-corrected chi connectivity index (χ4v) is 0.239. The average molecular weight is 178 g/mol. The van der Waals surface area contributed by atoms with Gasteiger partial charge in [0, 0.05) is 10.7 Å². The van der Waals surface area contributed by atoms with Gasteiger partial charge in [-0.3, -0.25) is 0 Å². The van der Waals surface area contributed by atoms with Gasteiger partial charge in [0.25, 0.3) is 13.6 Å². The zero-order valence-corrected chi connectivity index (χ0v) is 5.70. The van der Waals surface area contributed by atoms with Crippen molar-refractivity contribution in [2.24, 2.45) is 5.16 Å². The second-order valence-corrected chi connectivity index (χ2v) is 3.85. The molecule has 0 bridgehead atoms. The molecule has 0 amide bonds. The molecule has 48 valence electrons. The quantitative estimate of drug-likeness (QED) is 0.193. The van der Waals surface area contributed by atoms with Crippen molar-refractivity contribution in [3.05, 3.63) is 0 Å². The van der Waals surface area contributed by atoms with Crippen molar-refractivity contribution in [1.82, 2.24) is 0 Å². The van der Waals surface area contributed by atoms with Crippen LogP contribution >= 0.6 is 22.3 Å². The molecule has 0 atom stereocenters. The predicted octanol–water partition coefficient (Wildman–Crippen LogP) is 0.539. The van der Waals surface area contributed by atoms with E-state index in [1.54, 1.807) is 0 Å². The van der Waals surface area contributed by atoms with E-state index in [4.69, 9.17) is 16.8 Å². The van der Waals surface area contributed by atoms with E-state index >= 15 is 0 Å². The summed E-state index contributed by atoms with van der Waals surface area (Å²) in [6, 6.07) is 0. The summed E-state index contributed by atoms with van der Waals surface area (Å²) in [6.45, 7) is 0. The average Bonchev–Trinajstić information content (AvgIpc) is 1.62. The third-order valence-corrected chi connectivity index (χ3v) is 2.12. The molecule has 0 aliphatic heterocycles. The van der Waals surface area contributed by atoms with E-state index < -0.39 is 13.6 Å². The molecule has 0 radical (unpaired) electrons. The Morgan fingerprint density at radius 1 is 1.62 bits per heavy atom. The molecule has 0 fully saturated rings. The van der Waals surface area contributed by atoms with Crippen LogP contribution in [0.1, 0.15) is 0 Å². The number of nitrogens with zero attached hydrogens (tertiary/aromatic N) is 1. The molecule has 0 saturated carbocycles. The first-order chi connectivity index (χ1) is 3.48. The first kappa shape index (κ1) is 8.00. The Morgan fingerprint density at radius 3 is 2.00 bits per heavy atom. The Hall–Kier alpha value is -0.000000000000000111. The maximum Gasteiger partial charge on any atom is 0.293 e. The van der Waals surface area contributed by atoms with Crippen LogP contribution in [0.3, 0.4) is 0 Å². The van der Waals surface area contributed by atoms with Crippen LogP contribution in [0.2, 0.25) is 0 Å². The van der Waals surface area contributed by atoms with Gasteiger partial charge in [0.2, 0.25) is 0 Å². The van der Waals surface area contributed by atoms with Crippen LogP contribution in [-0.2, 0) is 9.05 Å². The Balaban J connectivity index is 4.55. The van der Waals surface area contributed by atoms with Gasteiger partial charge in [-0.1, -0.05) is 5.16 Å². The fraction of sp³-hybridized carbons (Fsp3) is 0. The molecule has 1 N–H and O–H groups in total. The topological polar surface area (TPSA) is 66.7 Å². The third kappa shape index (κ3) is 2.34. The lowest BCUT2D eigenvalue weighted by Gasteiger charge is -1.82. The van der Waals surface area contributed by atoms with Crippen LogP contribution in [0.4, 0.5) is 0 Å². The molecule has 0 aromatic carbocycles. The number of halogens is 2. The third-order valence-electron chi connectivity index (χ3n) is 0.280. The van der Waals surface area contributed by atoms with Crippen LogP contribution in [0.15, 0.2) is 5.16 Å². The molecule has 0 aliphatic rings. The highest BCUT2D eigenvalue weighted by atomic mass is 35.7. The standard InChI is InChI=1S/CHCl2NO3S/c2-1(4-5)8(3,6)7/h5H/b4-1-. The van der Waals surface area contributed by atoms with Gasteiger partial charge in [-0.25, -0.2) is 8.42 Å². The lowest BCUT2D eigenvalue weighted by molar-refractivity contribution is 0.321. The van der Waals surface area contributed by atoms with Gasteiger partial charge < -0.3 is 5.21 Å². The molecule has 0 spiro atoms. The first-order valence-corrected chi connectivity index (χ1v) is 3.99. The van der Waals surface area contributed by atoms with Crippen molar-refractivity contribution in [3.63, 3.8) is 0 Å². The van der Waals surface area contributed by atoms with Crippen LogP contribution in [0.5, 0.6) is 0 Å². The van der Waals surface area contributed by atoms with Gasteiger partial charge in [-0.05, 0) is 11.6 Å². The predicted molar refractivity (Wildman–Crippen MR) is 29.8 cm³/mol. The highest BCUT2D eigenvalue weighted by molar-refractivity contribution is 8.27. The van der Waals surface area contributed by atoms with Gasteiger partial charge >= 0.3 is 0 Å². The minimum Gasteiger partial charge on any atom is -0.409 e. The lowest BCUT2D eigenvalue weighted by Crippen LogP contribution is -1.98. The van der Waals surface area contributed by atoms with Crippen molar-refractivity contribution < 1.29 is 13.6 Å². The van der Waals surface area contributed by atoms with E-state index in [9.17, 15) is 8.42 Å². The minimum atomic E-state index is -4.02. The molecule has 0 saturated heterocycles. The van der Waals surface area contributed by atoms with Crippen molar-refractivity contribution in [3.8, 4) is 0 Å². The number of hydrogen-bond donors (Lipinski definition) is 1. The minimum absolute atomic E-state index is 1.03. The van der Waals surface area contributed by atoms with Gasteiger partial charge in [0.15, 0.2) is 0 Å². The zero-order valence-electron chi connectivity index (χ0n) is 3.38. The van der Waals surface area contributed by atoms with Gasteiger partial charge in [0.1, 0.15) is 0 Å². The van der Waals surface area contributed by atoms with Crippen molar-refractivity contribution in [2.45, 2.75) is 0 Å². The van der Waals surface area contributed by atoms with Gasteiger partial charge in [0.05, 0.1) is 0 Å². The maximum atomic E-state index is 9.90. The molecular weight excluding hydrogens is 177 g/mol. The molecule has 0 unspecified atom stereocenters.